The third-order valence-electron chi connectivity index (χ3n) is 3.02. The Morgan fingerprint density at radius 1 is 1.09 bits per heavy atom. The molecule has 0 N–H and O–H groups in total. The van der Waals surface area contributed by atoms with Gasteiger partial charge in [-0.25, -0.2) is 4.39 Å². The predicted molar refractivity (Wildman–Crippen MR) is 86.6 cm³/mol. The SMILES string of the molecule is COc1ccc(C(=O)/C=C/N(C)C)c(Oc2ccc(F)cc2)c1. The Labute approximate surface area is 134 Å². The summed E-state index contributed by atoms with van der Waals surface area (Å²) in [4.78, 5) is 14.1. The van der Waals surface area contributed by atoms with Gasteiger partial charge in [0.1, 0.15) is 23.1 Å². The highest BCUT2D eigenvalue weighted by molar-refractivity contribution is 6.06. The first-order valence-corrected chi connectivity index (χ1v) is 7.00. The molecule has 0 atom stereocenters. The van der Waals surface area contributed by atoms with E-state index in [9.17, 15) is 9.18 Å². The molecule has 120 valence electrons. The van der Waals surface area contributed by atoms with E-state index in [0.29, 0.717) is 22.8 Å². The van der Waals surface area contributed by atoms with Crippen LogP contribution in [-0.2, 0) is 0 Å². The van der Waals surface area contributed by atoms with Crippen LogP contribution in [0.25, 0.3) is 0 Å². The number of carbonyl (C=O) groups excluding carboxylic acids is 1. The van der Waals surface area contributed by atoms with Gasteiger partial charge in [-0.05, 0) is 36.4 Å². The molecular formula is C18H18FNO3. The molecule has 0 aliphatic carbocycles. The summed E-state index contributed by atoms with van der Waals surface area (Å²) in [6.45, 7) is 0. The number of methoxy groups -OCH3 is 1. The second-order valence-corrected chi connectivity index (χ2v) is 5.06. The van der Waals surface area contributed by atoms with Crippen molar-refractivity contribution in [1.29, 1.82) is 0 Å². The molecule has 0 radical (unpaired) electrons. The Kier molecular flexibility index (Phi) is 5.36. The highest BCUT2D eigenvalue weighted by atomic mass is 19.1. The van der Waals surface area contributed by atoms with E-state index in [4.69, 9.17) is 9.47 Å². The normalized spacial score (nSPS) is 10.6. The second kappa shape index (κ2) is 7.45. The first kappa shape index (κ1) is 16.5. The zero-order valence-corrected chi connectivity index (χ0v) is 13.2. The Bertz CT molecular complexity index is 709. The summed E-state index contributed by atoms with van der Waals surface area (Å²) >= 11 is 0. The first-order valence-electron chi connectivity index (χ1n) is 7.00. The molecule has 4 nitrogen and oxygen atoms in total. The maximum atomic E-state index is 13.0. The fraction of sp³-hybridized carbons (Fsp3) is 0.167. The third-order valence-corrected chi connectivity index (χ3v) is 3.02. The number of ether oxygens (including phenoxy) is 2. The number of hydrogen-bond donors (Lipinski definition) is 0. The van der Waals surface area contributed by atoms with E-state index in [2.05, 4.69) is 0 Å². The van der Waals surface area contributed by atoms with Gasteiger partial charge in [-0.3, -0.25) is 4.79 Å². The van der Waals surface area contributed by atoms with Gasteiger partial charge in [0.25, 0.3) is 0 Å². The summed E-state index contributed by atoms with van der Waals surface area (Å²) in [5.41, 5.74) is 0.397. The Balaban J connectivity index is 2.34. The van der Waals surface area contributed by atoms with Gasteiger partial charge in [0.15, 0.2) is 5.78 Å². The zero-order valence-electron chi connectivity index (χ0n) is 13.2. The van der Waals surface area contributed by atoms with Gasteiger partial charge >= 0.3 is 0 Å². The van der Waals surface area contributed by atoms with E-state index in [1.807, 2.05) is 14.1 Å². The van der Waals surface area contributed by atoms with Crippen LogP contribution in [0, 0.1) is 5.82 Å². The van der Waals surface area contributed by atoms with Gasteiger partial charge in [-0.2, -0.15) is 0 Å². The number of rotatable bonds is 6. The lowest BCUT2D eigenvalue weighted by atomic mass is 10.1. The van der Waals surface area contributed by atoms with Crippen molar-refractivity contribution >= 4 is 5.78 Å². The first-order chi connectivity index (χ1) is 11.0. The maximum Gasteiger partial charge on any atom is 0.191 e. The van der Waals surface area contributed by atoms with Gasteiger partial charge in [0, 0.05) is 32.4 Å². The molecule has 0 saturated heterocycles. The van der Waals surface area contributed by atoms with Crippen LogP contribution in [-0.4, -0.2) is 31.9 Å². The highest BCUT2D eigenvalue weighted by Crippen LogP contribution is 2.30. The fourth-order valence-corrected chi connectivity index (χ4v) is 1.85. The summed E-state index contributed by atoms with van der Waals surface area (Å²) in [7, 11) is 5.19. The van der Waals surface area contributed by atoms with Crippen molar-refractivity contribution in [3.8, 4) is 17.2 Å². The average molecular weight is 315 g/mol. The minimum Gasteiger partial charge on any atom is -0.497 e. The molecule has 0 heterocycles. The van der Waals surface area contributed by atoms with Crippen molar-refractivity contribution in [2.75, 3.05) is 21.2 Å². The molecule has 2 aromatic carbocycles. The van der Waals surface area contributed by atoms with Gasteiger partial charge in [-0.1, -0.05) is 0 Å². The molecular weight excluding hydrogens is 297 g/mol. The molecule has 0 aliphatic rings. The van der Waals surface area contributed by atoms with E-state index >= 15 is 0 Å². The van der Waals surface area contributed by atoms with Crippen LogP contribution >= 0.6 is 0 Å². The predicted octanol–water partition coefficient (Wildman–Crippen LogP) is 3.88. The monoisotopic (exact) mass is 315 g/mol. The smallest absolute Gasteiger partial charge is 0.191 e. The van der Waals surface area contributed by atoms with Crippen LogP contribution in [0.15, 0.2) is 54.7 Å². The van der Waals surface area contributed by atoms with E-state index in [0.717, 1.165) is 0 Å². The maximum absolute atomic E-state index is 13.0. The molecule has 0 amide bonds. The summed E-state index contributed by atoms with van der Waals surface area (Å²) in [5.74, 6) is 0.802. The van der Waals surface area contributed by atoms with Crippen LogP contribution < -0.4 is 9.47 Å². The molecule has 5 heteroatoms. The molecule has 23 heavy (non-hydrogen) atoms. The van der Waals surface area contributed by atoms with Gasteiger partial charge in [0.05, 0.1) is 12.7 Å². The average Bonchev–Trinajstić information content (AvgIpc) is 2.54. The summed E-state index contributed by atoms with van der Waals surface area (Å²) in [5, 5.41) is 0. The molecule has 2 rings (SSSR count). The lowest BCUT2D eigenvalue weighted by Crippen LogP contribution is -2.04. The largest absolute Gasteiger partial charge is 0.497 e. The van der Waals surface area contributed by atoms with E-state index in [-0.39, 0.29) is 11.6 Å². The molecule has 0 unspecified atom stereocenters. The van der Waals surface area contributed by atoms with Crippen LogP contribution in [0.2, 0.25) is 0 Å². The molecule has 2 aromatic rings. The minimum absolute atomic E-state index is 0.196. The topological polar surface area (TPSA) is 38.8 Å². The lowest BCUT2D eigenvalue weighted by Gasteiger charge is -2.11. The Hall–Kier alpha value is -2.82. The Morgan fingerprint density at radius 2 is 1.74 bits per heavy atom. The number of allylic oxidation sites excluding steroid dienone is 1. The van der Waals surface area contributed by atoms with Crippen LogP contribution in [0.5, 0.6) is 17.2 Å². The van der Waals surface area contributed by atoms with Crippen LogP contribution in [0.3, 0.4) is 0 Å². The van der Waals surface area contributed by atoms with E-state index < -0.39 is 0 Å². The number of nitrogens with zero attached hydrogens (tertiary/aromatic N) is 1. The molecule has 0 aromatic heterocycles. The van der Waals surface area contributed by atoms with Crippen molar-refractivity contribution in [3.63, 3.8) is 0 Å². The zero-order chi connectivity index (χ0) is 16.8. The highest BCUT2D eigenvalue weighted by Gasteiger charge is 2.13. The van der Waals surface area contributed by atoms with Crippen LogP contribution in [0.4, 0.5) is 4.39 Å². The van der Waals surface area contributed by atoms with Crippen molar-refractivity contribution < 1.29 is 18.7 Å². The lowest BCUT2D eigenvalue weighted by molar-refractivity contribution is 0.104. The number of halogens is 1. The number of benzene rings is 2. The van der Waals surface area contributed by atoms with Crippen molar-refractivity contribution in [2.45, 2.75) is 0 Å². The molecule has 0 spiro atoms. The quantitative estimate of drug-likeness (QED) is 0.599. The second-order valence-electron chi connectivity index (χ2n) is 5.06. The number of ketones is 1. The standard InChI is InChI=1S/C18H18FNO3/c1-20(2)11-10-17(21)16-9-8-15(22-3)12-18(16)23-14-6-4-13(19)5-7-14/h4-12H,1-3H3/b11-10+. The van der Waals surface area contributed by atoms with Gasteiger partial charge in [0.2, 0.25) is 0 Å². The number of hydrogen-bond acceptors (Lipinski definition) is 4. The van der Waals surface area contributed by atoms with E-state index in [1.54, 1.807) is 29.3 Å². The summed E-state index contributed by atoms with van der Waals surface area (Å²) in [6, 6.07) is 10.5. The van der Waals surface area contributed by atoms with Crippen molar-refractivity contribution in [3.05, 3.63) is 66.1 Å². The molecule has 0 bridgehead atoms. The van der Waals surface area contributed by atoms with Gasteiger partial charge < -0.3 is 14.4 Å². The Morgan fingerprint density at radius 3 is 2.35 bits per heavy atom. The van der Waals surface area contributed by atoms with Gasteiger partial charge in [-0.15, -0.1) is 0 Å². The summed E-state index contributed by atoms with van der Waals surface area (Å²) < 4.78 is 23.9. The van der Waals surface area contributed by atoms with E-state index in [1.165, 1.54) is 37.5 Å². The number of carbonyl (C=O) groups is 1. The molecule has 0 fully saturated rings. The minimum atomic E-state index is -0.354. The van der Waals surface area contributed by atoms with Crippen molar-refractivity contribution in [1.82, 2.24) is 4.90 Å². The van der Waals surface area contributed by atoms with Crippen molar-refractivity contribution in [2.24, 2.45) is 0 Å². The van der Waals surface area contributed by atoms with Crippen LogP contribution in [0.1, 0.15) is 10.4 Å². The molecule has 0 aliphatic heterocycles. The summed E-state index contributed by atoms with van der Waals surface area (Å²) in [6.07, 6.45) is 3.12. The fourth-order valence-electron chi connectivity index (χ4n) is 1.85. The third kappa shape index (κ3) is 4.57. The molecule has 0 saturated carbocycles.